The van der Waals surface area contributed by atoms with Gasteiger partial charge in [-0.05, 0) is 12.2 Å². The second-order valence-electron chi connectivity index (χ2n) is 5.45. The van der Waals surface area contributed by atoms with E-state index in [0.29, 0.717) is 0 Å². The molecule has 170 valence electrons. The molecule has 0 aliphatic carbocycles. The number of aromatic amines is 1. The van der Waals surface area contributed by atoms with Gasteiger partial charge in [0, 0.05) is 130 Å². The monoisotopic (exact) mass is 592 g/mol. The first-order chi connectivity index (χ1) is 13.1. The van der Waals surface area contributed by atoms with Crippen LogP contribution in [0.3, 0.4) is 0 Å². The van der Waals surface area contributed by atoms with Crippen LogP contribution in [-0.2, 0) is 31.6 Å². The van der Waals surface area contributed by atoms with Crippen LogP contribution in [0.2, 0.25) is 0 Å². The molecule has 1 fully saturated rings. The largest absolute Gasteiger partial charge is 0.490 e. The Morgan fingerprint density at radius 2 is 1.55 bits per heavy atom. The fraction of sp³-hybridized carbons (Fsp3) is 0.556. The van der Waals surface area contributed by atoms with Crippen molar-refractivity contribution in [2.45, 2.75) is 24.5 Å². The maximum atomic E-state index is 11.7. The van der Waals surface area contributed by atoms with E-state index >= 15 is 0 Å². The number of ether oxygens (including phenoxy) is 1. The Kier molecular flexibility index (Phi) is 20.4. The van der Waals surface area contributed by atoms with Crippen molar-refractivity contribution in [2.24, 2.45) is 0 Å². The molecule has 0 amide bonds. The molecule has 0 saturated carbocycles. The Balaban J connectivity index is -0.00000225. The maximum Gasteiger partial charge on any atom is 0.490 e. The average molecular weight is 592 g/mol. The topological polar surface area (TPSA) is 247 Å². The third-order valence-electron chi connectivity index (χ3n) is 3.28. The first kappa shape index (κ1) is 40.9. The van der Waals surface area contributed by atoms with Gasteiger partial charge in [0.15, 0.2) is 11.0 Å². The first-order valence-corrected chi connectivity index (χ1v) is 12.1. The van der Waals surface area contributed by atoms with E-state index in [4.69, 9.17) is 31.6 Å². The van der Waals surface area contributed by atoms with Gasteiger partial charge in [-0.1, -0.05) is 0 Å². The molecule has 0 aromatic carbocycles. The Hall–Kier alpha value is 3.39. The Labute approximate surface area is 279 Å². The third kappa shape index (κ3) is 13.3. The van der Waals surface area contributed by atoms with E-state index in [1.807, 2.05) is 0 Å². The van der Waals surface area contributed by atoms with E-state index in [1.165, 1.54) is 0 Å². The van der Waals surface area contributed by atoms with E-state index in [1.54, 1.807) is 0 Å². The van der Waals surface area contributed by atoms with Crippen molar-refractivity contribution in [2.75, 3.05) is 6.61 Å². The van der Waals surface area contributed by atoms with Crippen LogP contribution in [0.5, 0.6) is 0 Å². The molecular weight excluding hydrogens is 577 g/mol. The number of nitrogens with zero attached hydrogens (tertiary/aromatic N) is 1. The molecular formula is C9H15N2Na4O14P3S. The normalized spacial score (nSPS) is 25.8. The van der Waals surface area contributed by atoms with Gasteiger partial charge in [-0.15, -0.1) is 0 Å². The second-order valence-corrected chi connectivity index (χ2v) is 10.3. The van der Waals surface area contributed by atoms with Crippen molar-refractivity contribution in [3.8, 4) is 0 Å². The van der Waals surface area contributed by atoms with Crippen molar-refractivity contribution in [1.29, 1.82) is 0 Å². The van der Waals surface area contributed by atoms with Crippen LogP contribution < -0.4 is 5.56 Å². The van der Waals surface area contributed by atoms with Gasteiger partial charge >= 0.3 is 23.5 Å². The molecule has 1 aliphatic rings. The van der Waals surface area contributed by atoms with Gasteiger partial charge in [0.25, 0.3) is 5.56 Å². The minimum Gasteiger partial charge on any atom is -0.387 e. The molecule has 2 heterocycles. The average Bonchev–Trinajstić information content (AvgIpc) is 2.78. The predicted octanol–water partition coefficient (Wildman–Crippen LogP) is -2.65. The van der Waals surface area contributed by atoms with Gasteiger partial charge in [0.2, 0.25) is 0 Å². The quantitative estimate of drug-likeness (QED) is 0.0925. The zero-order valence-electron chi connectivity index (χ0n) is 17.8. The van der Waals surface area contributed by atoms with Crippen molar-refractivity contribution >= 4 is 154 Å². The van der Waals surface area contributed by atoms with Crippen molar-refractivity contribution in [3.05, 3.63) is 27.4 Å². The summed E-state index contributed by atoms with van der Waals surface area (Å²) in [5.41, 5.74) is -0.538. The molecule has 1 aromatic heterocycles. The molecule has 2 rings (SSSR count). The molecule has 24 heteroatoms. The number of H-pyrrole nitrogens is 1. The van der Waals surface area contributed by atoms with Gasteiger partial charge in [0.05, 0.1) is 6.61 Å². The molecule has 2 unspecified atom stereocenters. The standard InChI is InChI=1S/C9H15N2O14P3S.4Na/c12-5-1-2-11(9(29)10-5)8-7(14)6(13)4(23-8)3-22-27(18,19)25-28(20,21)24-26(15,16)17;;;;/h1-2,4,6-8,13-14H,3H2,(H,18,19)(H,20,21)(H,10,12,29)(H2,15,16,17);;;;/t4-,6-,7-,8-;;;;/m1..../s1. The zero-order valence-corrected chi connectivity index (χ0v) is 29.3. The molecule has 6 atom stereocenters. The minimum absolute atomic E-state index is 0. The molecule has 33 heavy (non-hydrogen) atoms. The summed E-state index contributed by atoms with van der Waals surface area (Å²) in [6, 6.07) is 1.05. The number of aromatic nitrogens is 2. The first-order valence-electron chi connectivity index (χ1n) is 7.22. The number of aliphatic hydroxyl groups is 2. The van der Waals surface area contributed by atoms with Crippen LogP contribution in [0.15, 0.2) is 17.1 Å². The number of hydrogen-bond acceptors (Lipinski definition) is 11. The Morgan fingerprint density at radius 3 is 2.03 bits per heavy atom. The van der Waals surface area contributed by atoms with Crippen LogP contribution in [0.4, 0.5) is 0 Å². The summed E-state index contributed by atoms with van der Waals surface area (Å²) in [7, 11) is -16.7. The van der Waals surface area contributed by atoms with Crippen LogP contribution in [-0.4, -0.2) is 182 Å². The van der Waals surface area contributed by atoms with Gasteiger partial charge in [-0.25, -0.2) is 13.7 Å². The van der Waals surface area contributed by atoms with E-state index in [0.717, 1.165) is 16.8 Å². The summed E-state index contributed by atoms with van der Waals surface area (Å²) in [6.45, 7) is -0.977. The predicted molar refractivity (Wildman–Crippen MR) is 115 cm³/mol. The fourth-order valence-electron chi connectivity index (χ4n) is 2.20. The van der Waals surface area contributed by atoms with Crippen LogP contribution in [0.1, 0.15) is 6.23 Å². The number of rotatable bonds is 8. The summed E-state index contributed by atoms with van der Waals surface area (Å²) in [5, 5.41) is 20.1. The summed E-state index contributed by atoms with van der Waals surface area (Å²) in [4.78, 5) is 48.8. The molecule has 0 spiro atoms. The fourth-order valence-corrected chi connectivity index (χ4v) is 5.49. The van der Waals surface area contributed by atoms with Gasteiger partial charge in [-0.3, -0.25) is 18.9 Å². The van der Waals surface area contributed by atoms with Crippen LogP contribution in [0.25, 0.3) is 0 Å². The molecule has 7 N–H and O–H groups in total. The van der Waals surface area contributed by atoms with Gasteiger partial charge in [-0.2, -0.15) is 8.62 Å². The Morgan fingerprint density at radius 1 is 1.00 bits per heavy atom. The Bertz CT molecular complexity index is 1020. The van der Waals surface area contributed by atoms with Gasteiger partial charge in [0.1, 0.15) is 18.3 Å². The molecule has 4 radical (unpaired) electrons. The smallest absolute Gasteiger partial charge is 0.387 e. The number of aliphatic hydroxyl groups excluding tert-OH is 2. The van der Waals surface area contributed by atoms with Crippen LogP contribution in [0, 0.1) is 4.77 Å². The van der Waals surface area contributed by atoms with Gasteiger partial charge < -0.3 is 34.5 Å². The summed E-state index contributed by atoms with van der Waals surface area (Å²) in [6.07, 6.45) is -4.97. The van der Waals surface area contributed by atoms with Crippen molar-refractivity contribution in [1.82, 2.24) is 9.55 Å². The minimum atomic E-state index is -5.70. The van der Waals surface area contributed by atoms with E-state index in [2.05, 4.69) is 18.1 Å². The molecule has 1 aliphatic heterocycles. The maximum absolute atomic E-state index is 11.7. The molecule has 1 aromatic rings. The summed E-state index contributed by atoms with van der Waals surface area (Å²) < 4.78 is 51.1. The SMILES string of the molecule is O=c1ccn([C@@H]2O[C@H](COP(=O)(O)OP(=O)(O)OP(=O)(O)O)[C@@H](O)[C@H]2O)c(=S)[nH]1.[Na].[Na].[Na].[Na]. The molecule has 0 bridgehead atoms. The van der Waals surface area contributed by atoms with Crippen molar-refractivity contribution in [3.63, 3.8) is 0 Å². The van der Waals surface area contributed by atoms with E-state index in [-0.39, 0.29) is 123 Å². The summed E-state index contributed by atoms with van der Waals surface area (Å²) >= 11 is 4.90. The van der Waals surface area contributed by atoms with Crippen LogP contribution >= 0.6 is 35.7 Å². The second kappa shape index (κ2) is 16.5. The number of hydrogen-bond donors (Lipinski definition) is 7. The molecule has 16 nitrogen and oxygen atoms in total. The number of nitrogens with one attached hydrogen (secondary N) is 1. The van der Waals surface area contributed by atoms with Crippen molar-refractivity contribution < 1.29 is 61.4 Å². The number of phosphoric acid groups is 3. The molecule has 1 saturated heterocycles. The third-order valence-corrected chi connectivity index (χ3v) is 7.40. The zero-order chi connectivity index (χ0) is 22.2. The number of phosphoric ester groups is 1. The van der Waals surface area contributed by atoms with E-state index in [9.17, 15) is 33.6 Å². The summed E-state index contributed by atoms with van der Waals surface area (Å²) in [5.74, 6) is 0. The van der Waals surface area contributed by atoms with E-state index < -0.39 is 60.2 Å².